The first-order valence-corrected chi connectivity index (χ1v) is 7.86. The Morgan fingerprint density at radius 1 is 1.17 bits per heavy atom. The highest BCUT2D eigenvalue weighted by Crippen LogP contribution is 2.15. The molecule has 2 aromatic rings. The highest BCUT2D eigenvalue weighted by molar-refractivity contribution is 5.87. The van der Waals surface area contributed by atoms with Gasteiger partial charge in [-0.15, -0.1) is 0 Å². The number of benzene rings is 2. The van der Waals surface area contributed by atoms with Crippen molar-refractivity contribution in [3.8, 4) is 0 Å². The van der Waals surface area contributed by atoms with Gasteiger partial charge in [0, 0.05) is 13.2 Å². The lowest BCUT2D eigenvalue weighted by molar-refractivity contribution is 0.0640. The summed E-state index contributed by atoms with van der Waals surface area (Å²) in [6.07, 6.45) is 1.01. The van der Waals surface area contributed by atoms with Gasteiger partial charge in [-0.25, -0.2) is 4.79 Å². The van der Waals surface area contributed by atoms with Crippen LogP contribution >= 0.6 is 0 Å². The summed E-state index contributed by atoms with van der Waals surface area (Å²) < 4.78 is 5.81. The first-order valence-electron chi connectivity index (χ1n) is 7.86. The van der Waals surface area contributed by atoms with Crippen molar-refractivity contribution in [2.45, 2.75) is 26.0 Å². The number of carboxylic acid groups (broad SMARTS) is 1. The lowest BCUT2D eigenvalue weighted by Crippen LogP contribution is -2.17. The molecule has 0 fully saturated rings. The molecule has 0 aliphatic rings. The molecule has 0 radical (unpaired) electrons. The first kappa shape index (κ1) is 17.2. The molecule has 122 valence electrons. The van der Waals surface area contributed by atoms with E-state index in [1.54, 1.807) is 18.2 Å². The summed E-state index contributed by atoms with van der Waals surface area (Å²) in [7, 11) is 0. The molecule has 0 aliphatic carbocycles. The molecule has 0 saturated heterocycles. The van der Waals surface area contributed by atoms with Crippen molar-refractivity contribution < 1.29 is 14.6 Å². The van der Waals surface area contributed by atoms with Crippen molar-refractivity contribution in [3.05, 3.63) is 71.3 Å². The zero-order valence-corrected chi connectivity index (χ0v) is 13.4. The second kappa shape index (κ2) is 9.08. The molecule has 4 heteroatoms. The molecule has 0 amide bonds. The molecular formula is C19H23NO3. The van der Waals surface area contributed by atoms with Crippen molar-refractivity contribution in [1.82, 2.24) is 5.32 Å². The van der Waals surface area contributed by atoms with Gasteiger partial charge in [-0.05, 0) is 43.1 Å². The van der Waals surface area contributed by atoms with Crippen LogP contribution < -0.4 is 5.32 Å². The second-order valence-corrected chi connectivity index (χ2v) is 5.46. The summed E-state index contributed by atoms with van der Waals surface area (Å²) in [5.41, 5.74) is 2.48. The minimum Gasteiger partial charge on any atom is -0.478 e. The molecule has 0 bridgehead atoms. The third-order valence-electron chi connectivity index (χ3n) is 3.64. The normalized spacial score (nSPS) is 12.0. The minimum absolute atomic E-state index is 0.100. The Labute approximate surface area is 137 Å². The van der Waals surface area contributed by atoms with Crippen LogP contribution in [0.3, 0.4) is 0 Å². The van der Waals surface area contributed by atoms with Crippen LogP contribution in [0.15, 0.2) is 54.6 Å². The van der Waals surface area contributed by atoms with E-state index in [9.17, 15) is 4.79 Å². The first-order chi connectivity index (χ1) is 11.2. The molecule has 23 heavy (non-hydrogen) atoms. The maximum absolute atomic E-state index is 10.9. The molecule has 2 aromatic carbocycles. The molecule has 4 nitrogen and oxygen atoms in total. The van der Waals surface area contributed by atoms with E-state index in [-0.39, 0.29) is 6.10 Å². The Morgan fingerprint density at radius 3 is 2.70 bits per heavy atom. The van der Waals surface area contributed by atoms with E-state index >= 15 is 0 Å². The van der Waals surface area contributed by atoms with Gasteiger partial charge in [-0.3, -0.25) is 0 Å². The maximum atomic E-state index is 10.9. The quantitative estimate of drug-likeness (QED) is 0.694. The zero-order valence-electron chi connectivity index (χ0n) is 13.4. The van der Waals surface area contributed by atoms with Gasteiger partial charge in [0.25, 0.3) is 0 Å². The molecule has 0 heterocycles. The fraction of sp³-hybridized carbons (Fsp3) is 0.316. The molecule has 2 N–H and O–H groups in total. The number of carbonyl (C=O) groups is 1. The maximum Gasteiger partial charge on any atom is 0.335 e. The van der Waals surface area contributed by atoms with Crippen LogP contribution in [-0.4, -0.2) is 24.2 Å². The Hall–Kier alpha value is -2.17. The average Bonchev–Trinajstić information content (AvgIpc) is 2.58. The van der Waals surface area contributed by atoms with Gasteiger partial charge in [-0.1, -0.05) is 42.5 Å². The summed E-state index contributed by atoms with van der Waals surface area (Å²) in [6, 6.07) is 17.2. The van der Waals surface area contributed by atoms with Crippen LogP contribution in [0.5, 0.6) is 0 Å². The van der Waals surface area contributed by atoms with Gasteiger partial charge < -0.3 is 15.2 Å². The minimum atomic E-state index is -0.893. The van der Waals surface area contributed by atoms with E-state index in [2.05, 4.69) is 24.4 Å². The lowest BCUT2D eigenvalue weighted by atomic mass is 10.1. The average molecular weight is 313 g/mol. The molecule has 1 atom stereocenters. The number of hydrogen-bond acceptors (Lipinski definition) is 3. The van der Waals surface area contributed by atoms with E-state index in [1.807, 2.05) is 24.3 Å². The number of hydrogen-bond donors (Lipinski definition) is 2. The van der Waals surface area contributed by atoms with Gasteiger partial charge in [0.1, 0.15) is 0 Å². The van der Waals surface area contributed by atoms with Crippen molar-refractivity contribution >= 4 is 5.97 Å². The van der Waals surface area contributed by atoms with Crippen molar-refractivity contribution in [1.29, 1.82) is 0 Å². The van der Waals surface area contributed by atoms with Gasteiger partial charge in [-0.2, -0.15) is 0 Å². The number of carboxylic acids is 1. The van der Waals surface area contributed by atoms with E-state index in [1.165, 1.54) is 5.56 Å². The summed E-state index contributed by atoms with van der Waals surface area (Å²) in [5.74, 6) is -0.893. The summed E-state index contributed by atoms with van der Waals surface area (Å²) >= 11 is 0. The SMILES string of the molecule is CC(OCCCNCc1cccc(C(=O)O)c1)c1ccccc1. The van der Waals surface area contributed by atoms with Crippen LogP contribution in [0, 0.1) is 0 Å². The molecule has 0 aliphatic heterocycles. The molecule has 0 saturated carbocycles. The predicted molar refractivity (Wildman–Crippen MR) is 90.5 cm³/mol. The molecule has 0 spiro atoms. The standard InChI is InChI=1S/C19H23NO3/c1-15(17-8-3-2-4-9-17)23-12-6-11-20-14-16-7-5-10-18(13-16)19(21)22/h2-5,7-10,13,15,20H,6,11-12,14H2,1H3,(H,21,22). The fourth-order valence-electron chi connectivity index (χ4n) is 2.32. The summed E-state index contributed by atoms with van der Waals surface area (Å²) in [6.45, 7) is 4.24. The molecular weight excluding hydrogens is 290 g/mol. The zero-order chi connectivity index (χ0) is 16.5. The van der Waals surface area contributed by atoms with E-state index in [0.29, 0.717) is 18.7 Å². The van der Waals surface area contributed by atoms with Gasteiger partial charge >= 0.3 is 5.97 Å². The van der Waals surface area contributed by atoms with Crippen molar-refractivity contribution in [2.75, 3.05) is 13.2 Å². The lowest BCUT2D eigenvalue weighted by Gasteiger charge is -2.13. The summed E-state index contributed by atoms with van der Waals surface area (Å²) in [5, 5.41) is 12.3. The van der Waals surface area contributed by atoms with Crippen molar-refractivity contribution in [2.24, 2.45) is 0 Å². The van der Waals surface area contributed by atoms with E-state index in [0.717, 1.165) is 18.5 Å². The molecule has 1 unspecified atom stereocenters. The van der Waals surface area contributed by atoms with Gasteiger partial charge in [0.2, 0.25) is 0 Å². The smallest absolute Gasteiger partial charge is 0.335 e. The van der Waals surface area contributed by atoms with Gasteiger partial charge in [0.15, 0.2) is 0 Å². The van der Waals surface area contributed by atoms with E-state index < -0.39 is 5.97 Å². The summed E-state index contributed by atoms with van der Waals surface area (Å²) in [4.78, 5) is 10.9. The van der Waals surface area contributed by atoms with Gasteiger partial charge in [0.05, 0.1) is 11.7 Å². The Morgan fingerprint density at radius 2 is 1.96 bits per heavy atom. The fourth-order valence-corrected chi connectivity index (χ4v) is 2.32. The van der Waals surface area contributed by atoms with E-state index in [4.69, 9.17) is 9.84 Å². The molecule has 2 rings (SSSR count). The topological polar surface area (TPSA) is 58.6 Å². The highest BCUT2D eigenvalue weighted by atomic mass is 16.5. The highest BCUT2D eigenvalue weighted by Gasteiger charge is 2.04. The third kappa shape index (κ3) is 5.85. The third-order valence-corrected chi connectivity index (χ3v) is 3.64. The Balaban J connectivity index is 1.63. The number of rotatable bonds is 9. The van der Waals surface area contributed by atoms with Crippen LogP contribution in [0.25, 0.3) is 0 Å². The van der Waals surface area contributed by atoms with Crippen LogP contribution in [0.4, 0.5) is 0 Å². The van der Waals surface area contributed by atoms with Crippen LogP contribution in [0.1, 0.15) is 40.9 Å². The number of nitrogens with one attached hydrogen (secondary N) is 1. The monoisotopic (exact) mass is 313 g/mol. The predicted octanol–water partition coefficient (Wildman–Crippen LogP) is 3.64. The largest absolute Gasteiger partial charge is 0.478 e. The number of ether oxygens (including phenoxy) is 1. The molecule has 0 aromatic heterocycles. The second-order valence-electron chi connectivity index (χ2n) is 5.46. The van der Waals surface area contributed by atoms with Crippen LogP contribution in [0.2, 0.25) is 0 Å². The Bertz CT molecular complexity index is 613. The van der Waals surface area contributed by atoms with Crippen LogP contribution in [-0.2, 0) is 11.3 Å². The van der Waals surface area contributed by atoms with Crippen molar-refractivity contribution in [3.63, 3.8) is 0 Å². The number of aromatic carboxylic acids is 1. The Kier molecular flexibility index (Phi) is 6.78.